The van der Waals surface area contributed by atoms with E-state index in [1.807, 2.05) is 0 Å². The Kier molecular flexibility index (Phi) is 5.63. The number of carbonyl (C=O) groups is 2. The normalized spacial score (nSPS) is 17.7. The monoisotopic (exact) mass is 428 g/mol. The molecule has 158 valence electrons. The van der Waals surface area contributed by atoms with Gasteiger partial charge in [0.1, 0.15) is 0 Å². The first kappa shape index (κ1) is 20.2. The first-order valence-electron chi connectivity index (χ1n) is 10.0. The molecule has 0 bridgehead atoms. The fourth-order valence-corrected chi connectivity index (χ4v) is 5.30. The Bertz CT molecular complexity index is 1060. The van der Waals surface area contributed by atoms with Gasteiger partial charge in [-0.25, -0.2) is 13.2 Å². The SMILES string of the molecule is O=C(Nc1ccccc1NC(=O)N1CCCC1)c1cccc(N2CCCS2(=O)=O)c1. The van der Waals surface area contributed by atoms with Crippen molar-refractivity contribution in [3.05, 3.63) is 54.1 Å². The van der Waals surface area contributed by atoms with Crippen molar-refractivity contribution < 1.29 is 18.0 Å². The molecule has 9 heteroatoms. The van der Waals surface area contributed by atoms with Crippen molar-refractivity contribution in [2.45, 2.75) is 19.3 Å². The molecule has 3 amide bonds. The van der Waals surface area contributed by atoms with Crippen molar-refractivity contribution >= 4 is 39.0 Å². The van der Waals surface area contributed by atoms with E-state index in [4.69, 9.17) is 0 Å². The third-order valence-electron chi connectivity index (χ3n) is 5.31. The van der Waals surface area contributed by atoms with E-state index >= 15 is 0 Å². The van der Waals surface area contributed by atoms with Gasteiger partial charge in [-0.2, -0.15) is 0 Å². The number of carbonyl (C=O) groups excluding carboxylic acids is 2. The summed E-state index contributed by atoms with van der Waals surface area (Å²) >= 11 is 0. The van der Waals surface area contributed by atoms with Crippen LogP contribution in [0.1, 0.15) is 29.6 Å². The summed E-state index contributed by atoms with van der Waals surface area (Å²) in [5, 5.41) is 5.68. The average Bonchev–Trinajstić information content (AvgIpc) is 3.39. The molecule has 0 radical (unpaired) electrons. The second-order valence-corrected chi connectivity index (χ2v) is 9.43. The zero-order chi connectivity index (χ0) is 21.1. The Morgan fingerprint density at radius 2 is 1.53 bits per heavy atom. The minimum absolute atomic E-state index is 0.119. The van der Waals surface area contributed by atoms with Gasteiger partial charge in [-0.05, 0) is 49.6 Å². The summed E-state index contributed by atoms with van der Waals surface area (Å²) in [6.07, 6.45) is 2.56. The van der Waals surface area contributed by atoms with Crippen molar-refractivity contribution in [2.24, 2.45) is 0 Å². The van der Waals surface area contributed by atoms with Crippen LogP contribution in [-0.2, 0) is 10.0 Å². The van der Waals surface area contributed by atoms with Crippen LogP contribution in [-0.4, -0.2) is 50.6 Å². The van der Waals surface area contributed by atoms with E-state index in [1.165, 1.54) is 4.31 Å². The van der Waals surface area contributed by atoms with Gasteiger partial charge >= 0.3 is 6.03 Å². The smallest absolute Gasteiger partial charge is 0.321 e. The zero-order valence-corrected chi connectivity index (χ0v) is 17.3. The molecule has 0 unspecified atom stereocenters. The van der Waals surface area contributed by atoms with Crippen molar-refractivity contribution in [3.8, 4) is 0 Å². The highest BCUT2D eigenvalue weighted by molar-refractivity contribution is 7.93. The number of benzene rings is 2. The number of likely N-dealkylation sites (tertiary alicyclic amines) is 1. The van der Waals surface area contributed by atoms with E-state index in [0.717, 1.165) is 25.9 Å². The molecule has 2 heterocycles. The maximum absolute atomic E-state index is 12.8. The number of anilines is 3. The van der Waals surface area contributed by atoms with Crippen LogP contribution in [0.15, 0.2) is 48.5 Å². The molecule has 0 aliphatic carbocycles. The molecule has 2 aliphatic heterocycles. The standard InChI is InChI=1S/C21H24N4O4S/c26-20(16-7-5-8-17(15-16)25-13-6-14-30(25,28)29)22-18-9-1-2-10-19(18)23-21(27)24-11-3-4-12-24/h1-2,5,7-10,15H,3-4,6,11-14H2,(H,22,26)(H,23,27). The molecule has 2 aromatic carbocycles. The predicted molar refractivity (Wildman–Crippen MR) is 116 cm³/mol. The summed E-state index contributed by atoms with van der Waals surface area (Å²) < 4.78 is 25.7. The van der Waals surface area contributed by atoms with Gasteiger partial charge in [0.25, 0.3) is 5.91 Å². The number of nitrogens with one attached hydrogen (secondary N) is 2. The Balaban J connectivity index is 1.51. The molecule has 8 nitrogen and oxygen atoms in total. The van der Waals surface area contributed by atoms with Crippen LogP contribution >= 0.6 is 0 Å². The number of hydrogen-bond donors (Lipinski definition) is 2. The quantitative estimate of drug-likeness (QED) is 0.782. The summed E-state index contributed by atoms with van der Waals surface area (Å²) in [7, 11) is -3.32. The summed E-state index contributed by atoms with van der Waals surface area (Å²) in [6, 6.07) is 13.4. The van der Waals surface area contributed by atoms with Gasteiger partial charge in [-0.3, -0.25) is 9.10 Å². The van der Waals surface area contributed by atoms with Crippen molar-refractivity contribution in [1.82, 2.24) is 4.90 Å². The third-order valence-corrected chi connectivity index (χ3v) is 7.18. The Morgan fingerprint density at radius 1 is 0.833 bits per heavy atom. The molecule has 2 fully saturated rings. The summed E-state index contributed by atoms with van der Waals surface area (Å²) in [4.78, 5) is 27.0. The minimum atomic E-state index is -3.32. The van der Waals surface area contributed by atoms with Crippen LogP contribution in [0.25, 0.3) is 0 Å². The van der Waals surface area contributed by atoms with Crippen LogP contribution in [0, 0.1) is 0 Å². The molecule has 0 saturated carbocycles. The predicted octanol–water partition coefficient (Wildman–Crippen LogP) is 3.11. The minimum Gasteiger partial charge on any atom is -0.325 e. The largest absolute Gasteiger partial charge is 0.325 e. The van der Waals surface area contributed by atoms with Gasteiger partial charge in [0.05, 0.1) is 22.8 Å². The molecule has 4 rings (SSSR count). The molecular weight excluding hydrogens is 404 g/mol. The lowest BCUT2D eigenvalue weighted by Gasteiger charge is -2.19. The number of urea groups is 1. The molecule has 0 atom stereocenters. The number of para-hydroxylation sites is 2. The molecule has 0 spiro atoms. The fraction of sp³-hybridized carbons (Fsp3) is 0.333. The van der Waals surface area contributed by atoms with Crippen LogP contribution in [0.5, 0.6) is 0 Å². The van der Waals surface area contributed by atoms with E-state index in [-0.39, 0.29) is 17.7 Å². The van der Waals surface area contributed by atoms with Crippen LogP contribution < -0.4 is 14.9 Å². The third kappa shape index (κ3) is 4.25. The van der Waals surface area contributed by atoms with E-state index in [1.54, 1.807) is 53.4 Å². The number of sulfonamides is 1. The summed E-state index contributed by atoms with van der Waals surface area (Å²) in [5.41, 5.74) is 1.82. The Morgan fingerprint density at radius 3 is 2.20 bits per heavy atom. The number of hydrogen-bond acceptors (Lipinski definition) is 4. The Hall–Kier alpha value is -3.07. The topological polar surface area (TPSA) is 98.8 Å². The van der Waals surface area contributed by atoms with Crippen LogP contribution in [0.4, 0.5) is 21.9 Å². The van der Waals surface area contributed by atoms with Gasteiger partial charge in [-0.1, -0.05) is 18.2 Å². The van der Waals surface area contributed by atoms with Crippen LogP contribution in [0.2, 0.25) is 0 Å². The van der Waals surface area contributed by atoms with E-state index in [2.05, 4.69) is 10.6 Å². The van der Waals surface area contributed by atoms with Gasteiger partial charge in [0, 0.05) is 25.2 Å². The lowest BCUT2D eigenvalue weighted by molar-refractivity contribution is 0.102. The lowest BCUT2D eigenvalue weighted by Crippen LogP contribution is -2.32. The average molecular weight is 429 g/mol. The number of amides is 3. The maximum atomic E-state index is 12.8. The van der Waals surface area contributed by atoms with Crippen molar-refractivity contribution in [1.29, 1.82) is 0 Å². The highest BCUT2D eigenvalue weighted by atomic mass is 32.2. The molecule has 2 aliphatic rings. The van der Waals surface area contributed by atoms with E-state index < -0.39 is 10.0 Å². The fourth-order valence-electron chi connectivity index (χ4n) is 3.74. The van der Waals surface area contributed by atoms with Gasteiger partial charge in [-0.15, -0.1) is 0 Å². The van der Waals surface area contributed by atoms with Gasteiger partial charge < -0.3 is 15.5 Å². The Labute approximate surface area is 175 Å². The molecular formula is C21H24N4O4S. The van der Waals surface area contributed by atoms with E-state index in [9.17, 15) is 18.0 Å². The number of rotatable bonds is 4. The van der Waals surface area contributed by atoms with Gasteiger partial charge in [0.2, 0.25) is 10.0 Å². The first-order valence-corrected chi connectivity index (χ1v) is 11.6. The summed E-state index contributed by atoms with van der Waals surface area (Å²) in [5.74, 6) is -0.260. The van der Waals surface area contributed by atoms with Crippen LogP contribution in [0.3, 0.4) is 0 Å². The second kappa shape index (κ2) is 8.35. The van der Waals surface area contributed by atoms with Gasteiger partial charge in [0.15, 0.2) is 0 Å². The molecule has 2 N–H and O–H groups in total. The molecule has 2 saturated heterocycles. The lowest BCUT2D eigenvalue weighted by atomic mass is 10.1. The van der Waals surface area contributed by atoms with Crippen molar-refractivity contribution in [2.75, 3.05) is 40.3 Å². The van der Waals surface area contributed by atoms with E-state index in [0.29, 0.717) is 35.6 Å². The highest BCUT2D eigenvalue weighted by Gasteiger charge is 2.28. The first-order chi connectivity index (χ1) is 14.4. The number of nitrogens with zero attached hydrogens (tertiary/aromatic N) is 2. The molecule has 2 aromatic rings. The zero-order valence-electron chi connectivity index (χ0n) is 16.5. The molecule has 0 aromatic heterocycles. The summed E-state index contributed by atoms with van der Waals surface area (Å²) in [6.45, 7) is 1.87. The van der Waals surface area contributed by atoms with Crippen molar-refractivity contribution in [3.63, 3.8) is 0 Å². The second-order valence-electron chi connectivity index (χ2n) is 7.42. The molecule has 30 heavy (non-hydrogen) atoms. The highest BCUT2D eigenvalue weighted by Crippen LogP contribution is 2.26. The maximum Gasteiger partial charge on any atom is 0.321 e.